The molecule has 0 aliphatic rings. The number of nitrogens with two attached hydrogens (primary N) is 1. The molecule has 0 fully saturated rings. The van der Waals surface area contributed by atoms with E-state index in [0.717, 1.165) is 38.2 Å². The van der Waals surface area contributed by atoms with Crippen LogP contribution in [0.25, 0.3) is 0 Å². The van der Waals surface area contributed by atoms with Crippen molar-refractivity contribution < 1.29 is 4.74 Å². The van der Waals surface area contributed by atoms with E-state index in [0.29, 0.717) is 5.13 Å². The summed E-state index contributed by atoms with van der Waals surface area (Å²) in [6.07, 6.45) is 1.86. The quantitative estimate of drug-likeness (QED) is 0.877. The number of aryl methyl sites for hydroxylation is 2. The SMILES string of the molecule is COc1c(C)cnc(CSc2sc(N)nc2C)c1C. The lowest BCUT2D eigenvalue weighted by Gasteiger charge is -2.11. The number of thiazole rings is 1. The Kier molecular flexibility index (Phi) is 4.31. The van der Waals surface area contributed by atoms with E-state index in [1.807, 2.05) is 27.0 Å². The summed E-state index contributed by atoms with van der Waals surface area (Å²) in [5.41, 5.74) is 9.90. The molecule has 0 saturated carbocycles. The molecule has 102 valence electrons. The number of aromatic nitrogens is 2. The number of rotatable bonds is 4. The van der Waals surface area contributed by atoms with E-state index in [1.54, 1.807) is 18.9 Å². The molecule has 0 unspecified atom stereocenters. The fourth-order valence-corrected chi connectivity index (χ4v) is 3.93. The van der Waals surface area contributed by atoms with Crippen LogP contribution in [0.5, 0.6) is 5.75 Å². The Labute approximate surface area is 121 Å². The number of nitrogen functional groups attached to an aromatic ring is 1. The number of pyridine rings is 1. The highest BCUT2D eigenvalue weighted by Crippen LogP contribution is 2.34. The molecule has 4 nitrogen and oxygen atoms in total. The van der Waals surface area contributed by atoms with Crippen LogP contribution in [-0.4, -0.2) is 17.1 Å². The number of nitrogens with zero attached hydrogens (tertiary/aromatic N) is 2. The fourth-order valence-electron chi connectivity index (χ4n) is 1.89. The van der Waals surface area contributed by atoms with Crippen LogP contribution in [0.4, 0.5) is 5.13 Å². The van der Waals surface area contributed by atoms with Gasteiger partial charge in [-0.15, -0.1) is 11.8 Å². The maximum absolute atomic E-state index is 5.70. The highest BCUT2D eigenvalue weighted by atomic mass is 32.2. The van der Waals surface area contributed by atoms with Gasteiger partial charge in [0, 0.05) is 23.1 Å². The molecule has 0 saturated heterocycles. The van der Waals surface area contributed by atoms with E-state index in [2.05, 4.69) is 9.97 Å². The molecule has 0 aliphatic carbocycles. The molecule has 0 aliphatic heterocycles. The van der Waals surface area contributed by atoms with Crippen molar-refractivity contribution in [3.63, 3.8) is 0 Å². The van der Waals surface area contributed by atoms with Gasteiger partial charge >= 0.3 is 0 Å². The van der Waals surface area contributed by atoms with Gasteiger partial charge in [-0.2, -0.15) is 0 Å². The summed E-state index contributed by atoms with van der Waals surface area (Å²) in [6, 6.07) is 0. The average molecular weight is 295 g/mol. The minimum Gasteiger partial charge on any atom is -0.496 e. The summed E-state index contributed by atoms with van der Waals surface area (Å²) < 4.78 is 6.57. The number of hydrogen-bond donors (Lipinski definition) is 1. The van der Waals surface area contributed by atoms with Gasteiger partial charge in [-0.3, -0.25) is 4.98 Å². The van der Waals surface area contributed by atoms with Gasteiger partial charge in [0.15, 0.2) is 5.13 Å². The average Bonchev–Trinajstić information content (AvgIpc) is 2.67. The van der Waals surface area contributed by atoms with Crippen LogP contribution in [0.3, 0.4) is 0 Å². The molecule has 0 aromatic carbocycles. The molecule has 0 bridgehead atoms. The first-order valence-corrected chi connectivity index (χ1v) is 7.68. The zero-order valence-electron chi connectivity index (χ0n) is 11.5. The van der Waals surface area contributed by atoms with Gasteiger partial charge in [0.1, 0.15) is 5.75 Å². The van der Waals surface area contributed by atoms with E-state index in [9.17, 15) is 0 Å². The van der Waals surface area contributed by atoms with Crippen molar-refractivity contribution in [1.29, 1.82) is 0 Å². The van der Waals surface area contributed by atoms with Crippen molar-refractivity contribution in [1.82, 2.24) is 9.97 Å². The molecule has 19 heavy (non-hydrogen) atoms. The summed E-state index contributed by atoms with van der Waals surface area (Å²) >= 11 is 3.24. The van der Waals surface area contributed by atoms with Crippen LogP contribution in [0.1, 0.15) is 22.5 Å². The summed E-state index contributed by atoms with van der Waals surface area (Å²) in [5.74, 6) is 1.72. The van der Waals surface area contributed by atoms with Gasteiger partial charge in [0.2, 0.25) is 0 Å². The minimum atomic E-state index is 0.617. The monoisotopic (exact) mass is 295 g/mol. The van der Waals surface area contributed by atoms with Crippen LogP contribution < -0.4 is 10.5 Å². The molecule has 2 rings (SSSR count). The molecule has 0 spiro atoms. The largest absolute Gasteiger partial charge is 0.496 e. The molecule has 0 amide bonds. The minimum absolute atomic E-state index is 0.617. The number of ether oxygens (including phenoxy) is 1. The smallest absolute Gasteiger partial charge is 0.181 e. The van der Waals surface area contributed by atoms with Crippen LogP contribution in [-0.2, 0) is 5.75 Å². The lowest BCUT2D eigenvalue weighted by molar-refractivity contribution is 0.407. The fraction of sp³-hybridized carbons (Fsp3) is 0.385. The molecule has 2 heterocycles. The Balaban J connectivity index is 2.18. The Morgan fingerprint density at radius 1 is 1.37 bits per heavy atom. The van der Waals surface area contributed by atoms with E-state index < -0.39 is 0 Å². The normalized spacial score (nSPS) is 10.7. The predicted octanol–water partition coefficient (Wildman–Crippen LogP) is 3.35. The summed E-state index contributed by atoms with van der Waals surface area (Å²) in [7, 11) is 1.69. The summed E-state index contributed by atoms with van der Waals surface area (Å²) in [5, 5.41) is 0.617. The van der Waals surface area contributed by atoms with Crippen molar-refractivity contribution in [2.75, 3.05) is 12.8 Å². The molecular weight excluding hydrogens is 278 g/mol. The van der Waals surface area contributed by atoms with E-state index in [4.69, 9.17) is 10.5 Å². The van der Waals surface area contributed by atoms with Gasteiger partial charge in [-0.1, -0.05) is 11.3 Å². The second-order valence-corrected chi connectivity index (χ2v) is 6.53. The Bertz CT molecular complexity index is 596. The van der Waals surface area contributed by atoms with Gasteiger partial charge in [-0.25, -0.2) is 4.98 Å². The van der Waals surface area contributed by atoms with Gasteiger partial charge in [-0.05, 0) is 20.8 Å². The summed E-state index contributed by atoms with van der Waals surface area (Å²) in [4.78, 5) is 8.71. The van der Waals surface area contributed by atoms with E-state index in [1.165, 1.54) is 11.3 Å². The lowest BCUT2D eigenvalue weighted by atomic mass is 10.1. The molecule has 2 N–H and O–H groups in total. The molecule has 6 heteroatoms. The van der Waals surface area contributed by atoms with Crippen molar-refractivity contribution in [2.45, 2.75) is 30.7 Å². The molecule has 2 aromatic heterocycles. The molecule has 2 aromatic rings. The number of anilines is 1. The zero-order valence-corrected chi connectivity index (χ0v) is 13.1. The Morgan fingerprint density at radius 3 is 2.68 bits per heavy atom. The number of methoxy groups -OCH3 is 1. The highest BCUT2D eigenvalue weighted by molar-refractivity contribution is 8.00. The van der Waals surface area contributed by atoms with Crippen LogP contribution in [0.15, 0.2) is 10.4 Å². The lowest BCUT2D eigenvalue weighted by Crippen LogP contribution is -1.98. The second kappa shape index (κ2) is 5.79. The van der Waals surface area contributed by atoms with Crippen LogP contribution in [0.2, 0.25) is 0 Å². The van der Waals surface area contributed by atoms with Crippen LogP contribution >= 0.6 is 23.1 Å². The topological polar surface area (TPSA) is 61.0 Å². The third-order valence-corrected chi connectivity index (χ3v) is 5.22. The first-order valence-electron chi connectivity index (χ1n) is 5.87. The molecule has 0 atom stereocenters. The Hall–Kier alpha value is -1.27. The zero-order chi connectivity index (χ0) is 14.0. The standard InChI is InChI=1S/C13H17N3OS2/c1-7-5-15-10(8(2)11(7)17-4)6-18-12-9(3)16-13(14)19-12/h5H,6H2,1-4H3,(H2,14,16). The number of hydrogen-bond acceptors (Lipinski definition) is 6. The van der Waals surface area contributed by atoms with Crippen molar-refractivity contribution in [3.8, 4) is 5.75 Å². The van der Waals surface area contributed by atoms with Crippen LogP contribution in [0, 0.1) is 20.8 Å². The third-order valence-electron chi connectivity index (χ3n) is 2.86. The Morgan fingerprint density at radius 2 is 2.11 bits per heavy atom. The van der Waals surface area contributed by atoms with E-state index >= 15 is 0 Å². The summed E-state index contributed by atoms with van der Waals surface area (Å²) in [6.45, 7) is 6.03. The third kappa shape index (κ3) is 3.01. The van der Waals surface area contributed by atoms with Gasteiger partial charge in [0.25, 0.3) is 0 Å². The molecular formula is C13H17N3OS2. The first-order chi connectivity index (χ1) is 9.02. The van der Waals surface area contributed by atoms with Crippen molar-refractivity contribution >= 4 is 28.2 Å². The second-order valence-electron chi connectivity index (χ2n) is 4.26. The number of thioether (sulfide) groups is 1. The van der Waals surface area contributed by atoms with E-state index in [-0.39, 0.29) is 0 Å². The highest BCUT2D eigenvalue weighted by Gasteiger charge is 2.12. The maximum Gasteiger partial charge on any atom is 0.181 e. The first kappa shape index (κ1) is 14.1. The predicted molar refractivity (Wildman–Crippen MR) is 81.1 cm³/mol. The van der Waals surface area contributed by atoms with Gasteiger partial charge < -0.3 is 10.5 Å². The maximum atomic E-state index is 5.70. The van der Waals surface area contributed by atoms with Crippen molar-refractivity contribution in [2.24, 2.45) is 0 Å². The molecule has 0 radical (unpaired) electrons. The van der Waals surface area contributed by atoms with Gasteiger partial charge in [0.05, 0.1) is 22.7 Å². The van der Waals surface area contributed by atoms with Crippen molar-refractivity contribution in [3.05, 3.63) is 28.7 Å².